The summed E-state index contributed by atoms with van der Waals surface area (Å²) < 4.78 is 1.86. The standard InChI is InChI=1S/C22H19N3O/c26-22(15-25-16-24-20-8-4-5-9-21(20)25)23-14-17-10-12-19(13-11-17)18-6-2-1-3-7-18/h1-13,16H,14-15H2,(H,23,26). The van der Waals surface area contributed by atoms with Crippen molar-refractivity contribution in [2.45, 2.75) is 13.1 Å². The second kappa shape index (κ2) is 7.23. The molecular weight excluding hydrogens is 322 g/mol. The molecule has 1 amide bonds. The van der Waals surface area contributed by atoms with Gasteiger partial charge in [0.1, 0.15) is 6.54 Å². The highest BCUT2D eigenvalue weighted by Crippen LogP contribution is 2.19. The smallest absolute Gasteiger partial charge is 0.240 e. The summed E-state index contributed by atoms with van der Waals surface area (Å²) in [5, 5.41) is 2.97. The third-order valence-corrected chi connectivity index (χ3v) is 4.39. The lowest BCUT2D eigenvalue weighted by Gasteiger charge is -2.08. The van der Waals surface area contributed by atoms with Crippen molar-refractivity contribution >= 4 is 16.9 Å². The first-order valence-corrected chi connectivity index (χ1v) is 8.60. The average molecular weight is 341 g/mol. The fourth-order valence-electron chi connectivity index (χ4n) is 2.99. The summed E-state index contributed by atoms with van der Waals surface area (Å²) in [6.07, 6.45) is 1.71. The van der Waals surface area contributed by atoms with E-state index in [1.54, 1.807) is 6.33 Å². The Hall–Kier alpha value is -3.40. The third kappa shape index (κ3) is 3.49. The Bertz CT molecular complexity index is 1020. The van der Waals surface area contributed by atoms with E-state index in [1.807, 2.05) is 47.0 Å². The van der Waals surface area contributed by atoms with Gasteiger partial charge in [0.15, 0.2) is 0 Å². The minimum absolute atomic E-state index is 0.0275. The molecule has 0 saturated heterocycles. The van der Waals surface area contributed by atoms with Crippen LogP contribution in [0.15, 0.2) is 85.2 Å². The van der Waals surface area contributed by atoms with Crippen molar-refractivity contribution in [2.24, 2.45) is 0 Å². The number of hydrogen-bond acceptors (Lipinski definition) is 2. The molecule has 3 aromatic carbocycles. The number of imidazole rings is 1. The molecule has 4 rings (SSSR count). The van der Waals surface area contributed by atoms with E-state index in [0.717, 1.165) is 16.6 Å². The number of nitrogens with zero attached hydrogens (tertiary/aromatic N) is 2. The monoisotopic (exact) mass is 341 g/mol. The lowest BCUT2D eigenvalue weighted by molar-refractivity contribution is -0.121. The SMILES string of the molecule is O=C(Cn1cnc2ccccc21)NCc1ccc(-c2ccccc2)cc1. The van der Waals surface area contributed by atoms with E-state index in [-0.39, 0.29) is 12.5 Å². The van der Waals surface area contributed by atoms with Crippen LogP contribution in [0, 0.1) is 0 Å². The van der Waals surface area contributed by atoms with Crippen molar-refractivity contribution in [3.8, 4) is 11.1 Å². The second-order valence-electron chi connectivity index (χ2n) is 6.20. The van der Waals surface area contributed by atoms with E-state index in [1.165, 1.54) is 11.1 Å². The minimum Gasteiger partial charge on any atom is -0.350 e. The van der Waals surface area contributed by atoms with Crippen LogP contribution >= 0.6 is 0 Å². The number of carbonyl (C=O) groups excluding carboxylic acids is 1. The van der Waals surface area contributed by atoms with Crippen LogP contribution in [0.1, 0.15) is 5.56 Å². The van der Waals surface area contributed by atoms with Gasteiger partial charge in [-0.25, -0.2) is 4.98 Å². The van der Waals surface area contributed by atoms with Crippen molar-refractivity contribution < 1.29 is 4.79 Å². The summed E-state index contributed by atoms with van der Waals surface area (Å²) in [7, 11) is 0. The van der Waals surface area contributed by atoms with Crippen LogP contribution in [-0.4, -0.2) is 15.5 Å². The summed E-state index contributed by atoms with van der Waals surface area (Å²) >= 11 is 0. The quantitative estimate of drug-likeness (QED) is 0.596. The highest BCUT2D eigenvalue weighted by atomic mass is 16.1. The molecule has 0 unspecified atom stereocenters. The zero-order valence-corrected chi connectivity index (χ0v) is 14.3. The number of rotatable bonds is 5. The first kappa shape index (κ1) is 16.1. The van der Waals surface area contributed by atoms with Gasteiger partial charge < -0.3 is 9.88 Å². The molecule has 1 heterocycles. The molecule has 4 heteroatoms. The molecule has 0 bridgehead atoms. The lowest BCUT2D eigenvalue weighted by atomic mass is 10.0. The van der Waals surface area contributed by atoms with Gasteiger partial charge in [0.25, 0.3) is 0 Å². The largest absolute Gasteiger partial charge is 0.350 e. The molecule has 1 aromatic heterocycles. The fourth-order valence-corrected chi connectivity index (χ4v) is 2.99. The Morgan fingerprint density at radius 1 is 0.846 bits per heavy atom. The minimum atomic E-state index is -0.0275. The number of nitrogens with one attached hydrogen (secondary N) is 1. The maximum atomic E-state index is 12.3. The van der Waals surface area contributed by atoms with Crippen LogP contribution in [0.3, 0.4) is 0 Å². The van der Waals surface area contributed by atoms with Gasteiger partial charge in [-0.3, -0.25) is 4.79 Å². The van der Waals surface area contributed by atoms with Crippen molar-refractivity contribution in [3.05, 3.63) is 90.8 Å². The van der Waals surface area contributed by atoms with Gasteiger partial charge in [-0.1, -0.05) is 66.7 Å². The summed E-state index contributed by atoms with van der Waals surface area (Å²) in [6, 6.07) is 26.3. The van der Waals surface area contributed by atoms with Gasteiger partial charge in [0, 0.05) is 6.54 Å². The zero-order chi connectivity index (χ0) is 17.8. The van der Waals surface area contributed by atoms with E-state index < -0.39 is 0 Å². The summed E-state index contributed by atoms with van der Waals surface area (Å²) in [5.41, 5.74) is 5.31. The molecule has 0 aliphatic rings. The fraction of sp³-hybridized carbons (Fsp3) is 0.0909. The number of carbonyl (C=O) groups is 1. The number of aromatic nitrogens is 2. The highest BCUT2D eigenvalue weighted by Gasteiger charge is 2.07. The molecular formula is C22H19N3O. The number of para-hydroxylation sites is 2. The summed E-state index contributed by atoms with van der Waals surface area (Å²) in [6.45, 7) is 0.781. The topological polar surface area (TPSA) is 46.9 Å². The first-order chi connectivity index (χ1) is 12.8. The van der Waals surface area contributed by atoms with Crippen molar-refractivity contribution in [2.75, 3.05) is 0 Å². The van der Waals surface area contributed by atoms with E-state index in [0.29, 0.717) is 6.54 Å². The van der Waals surface area contributed by atoms with Crippen molar-refractivity contribution in [1.82, 2.24) is 14.9 Å². The summed E-state index contributed by atoms with van der Waals surface area (Å²) in [5.74, 6) is -0.0275. The van der Waals surface area contributed by atoms with Crippen LogP contribution in [0.5, 0.6) is 0 Å². The Kier molecular flexibility index (Phi) is 4.48. The number of benzene rings is 3. The molecule has 0 atom stereocenters. The van der Waals surface area contributed by atoms with Crippen molar-refractivity contribution in [3.63, 3.8) is 0 Å². The van der Waals surface area contributed by atoms with E-state index in [4.69, 9.17) is 0 Å². The van der Waals surface area contributed by atoms with Gasteiger partial charge in [-0.2, -0.15) is 0 Å². The van der Waals surface area contributed by atoms with E-state index in [9.17, 15) is 4.79 Å². The Morgan fingerprint density at radius 2 is 1.54 bits per heavy atom. The lowest BCUT2D eigenvalue weighted by Crippen LogP contribution is -2.26. The molecule has 0 saturated carbocycles. The first-order valence-electron chi connectivity index (χ1n) is 8.60. The van der Waals surface area contributed by atoms with Gasteiger partial charge in [-0.05, 0) is 28.8 Å². The number of hydrogen-bond donors (Lipinski definition) is 1. The highest BCUT2D eigenvalue weighted by molar-refractivity contribution is 5.80. The van der Waals surface area contributed by atoms with Gasteiger partial charge in [0.2, 0.25) is 5.91 Å². The van der Waals surface area contributed by atoms with Gasteiger partial charge in [-0.15, -0.1) is 0 Å². The molecule has 1 N–H and O–H groups in total. The average Bonchev–Trinajstić information content (AvgIpc) is 3.10. The van der Waals surface area contributed by atoms with E-state index >= 15 is 0 Å². The third-order valence-electron chi connectivity index (χ3n) is 4.39. The predicted molar refractivity (Wildman–Crippen MR) is 103 cm³/mol. The molecule has 0 radical (unpaired) electrons. The number of amides is 1. The van der Waals surface area contributed by atoms with Crippen LogP contribution in [0.25, 0.3) is 22.2 Å². The molecule has 0 fully saturated rings. The zero-order valence-electron chi connectivity index (χ0n) is 14.3. The van der Waals surface area contributed by atoms with Gasteiger partial charge in [0.05, 0.1) is 17.4 Å². The molecule has 0 spiro atoms. The van der Waals surface area contributed by atoms with Crippen LogP contribution in [0.4, 0.5) is 0 Å². The molecule has 26 heavy (non-hydrogen) atoms. The normalized spacial score (nSPS) is 10.8. The molecule has 0 aliphatic heterocycles. The number of fused-ring (bicyclic) bond motifs is 1. The van der Waals surface area contributed by atoms with E-state index in [2.05, 4.69) is 46.7 Å². The Morgan fingerprint density at radius 3 is 2.35 bits per heavy atom. The Labute approximate surface area is 152 Å². The predicted octanol–water partition coefficient (Wildman–Crippen LogP) is 4.02. The molecule has 4 nitrogen and oxygen atoms in total. The van der Waals surface area contributed by atoms with Gasteiger partial charge >= 0.3 is 0 Å². The Balaban J connectivity index is 1.37. The van der Waals surface area contributed by atoms with Crippen LogP contribution < -0.4 is 5.32 Å². The molecule has 4 aromatic rings. The summed E-state index contributed by atoms with van der Waals surface area (Å²) in [4.78, 5) is 16.6. The second-order valence-corrected chi connectivity index (χ2v) is 6.20. The van der Waals surface area contributed by atoms with Crippen LogP contribution in [-0.2, 0) is 17.9 Å². The maximum Gasteiger partial charge on any atom is 0.240 e. The van der Waals surface area contributed by atoms with Crippen LogP contribution in [0.2, 0.25) is 0 Å². The van der Waals surface area contributed by atoms with Crippen molar-refractivity contribution in [1.29, 1.82) is 0 Å². The molecule has 0 aliphatic carbocycles. The maximum absolute atomic E-state index is 12.3. The molecule has 128 valence electrons.